The number of nitrogens with one attached hydrogen (secondary N) is 1. The van der Waals surface area contributed by atoms with Crippen LogP contribution in [0.5, 0.6) is 5.75 Å². The zero-order chi connectivity index (χ0) is 16.8. The molecule has 0 unspecified atom stereocenters. The predicted molar refractivity (Wildman–Crippen MR) is 104 cm³/mol. The molecule has 0 aliphatic heterocycles. The number of hydrogen-bond acceptors (Lipinski definition) is 2. The molecule has 0 radical (unpaired) electrons. The first kappa shape index (κ1) is 17.8. The lowest BCUT2D eigenvalue weighted by Gasteiger charge is -2.23. The summed E-state index contributed by atoms with van der Waals surface area (Å²) in [5.41, 5.74) is 2.19. The highest BCUT2D eigenvalue weighted by Crippen LogP contribution is 2.26. The number of ether oxygens (including phenoxy) is 1. The second-order valence-corrected chi connectivity index (χ2v) is 7.67. The van der Waals surface area contributed by atoms with E-state index in [-0.39, 0.29) is 0 Å². The van der Waals surface area contributed by atoms with Crippen LogP contribution in [-0.2, 0) is 13.2 Å². The van der Waals surface area contributed by atoms with Crippen molar-refractivity contribution in [2.24, 2.45) is 0 Å². The Kier molecular flexibility index (Phi) is 6.59. The van der Waals surface area contributed by atoms with Gasteiger partial charge in [0.05, 0.1) is 0 Å². The predicted octanol–water partition coefficient (Wildman–Crippen LogP) is 6.10. The molecule has 0 amide bonds. The van der Waals surface area contributed by atoms with Crippen LogP contribution in [0.15, 0.2) is 46.9 Å². The summed E-state index contributed by atoms with van der Waals surface area (Å²) in [6.45, 7) is 1.32. The zero-order valence-electron chi connectivity index (χ0n) is 13.7. The monoisotopic (exact) mass is 407 g/mol. The van der Waals surface area contributed by atoms with E-state index in [9.17, 15) is 0 Å². The maximum absolute atomic E-state index is 6.22. The normalized spacial score (nSPS) is 15.4. The molecular formula is C20H23BrClNO. The molecule has 3 rings (SSSR count). The van der Waals surface area contributed by atoms with Gasteiger partial charge in [-0.2, -0.15) is 0 Å². The second-order valence-electron chi connectivity index (χ2n) is 6.35. The summed E-state index contributed by atoms with van der Waals surface area (Å²) in [4.78, 5) is 0. The van der Waals surface area contributed by atoms with Crippen molar-refractivity contribution in [3.05, 3.63) is 63.1 Å². The molecular weight excluding hydrogens is 386 g/mol. The van der Waals surface area contributed by atoms with E-state index in [2.05, 4.69) is 27.3 Å². The van der Waals surface area contributed by atoms with E-state index in [4.69, 9.17) is 16.3 Å². The maximum atomic E-state index is 6.22. The molecule has 128 valence electrons. The van der Waals surface area contributed by atoms with E-state index in [0.717, 1.165) is 27.4 Å². The third-order valence-corrected chi connectivity index (χ3v) is 5.41. The fraction of sp³-hybridized carbons (Fsp3) is 0.400. The smallest absolute Gasteiger partial charge is 0.124 e. The first-order valence-corrected chi connectivity index (χ1v) is 9.77. The van der Waals surface area contributed by atoms with E-state index < -0.39 is 0 Å². The molecule has 0 heterocycles. The fourth-order valence-corrected chi connectivity index (χ4v) is 3.76. The van der Waals surface area contributed by atoms with Crippen LogP contribution in [0.4, 0.5) is 0 Å². The zero-order valence-corrected chi connectivity index (χ0v) is 16.1. The Morgan fingerprint density at radius 3 is 2.62 bits per heavy atom. The molecule has 2 aromatic carbocycles. The topological polar surface area (TPSA) is 21.3 Å². The minimum atomic E-state index is 0.484. The van der Waals surface area contributed by atoms with E-state index in [0.29, 0.717) is 12.6 Å². The lowest BCUT2D eigenvalue weighted by molar-refractivity contribution is 0.300. The van der Waals surface area contributed by atoms with Crippen LogP contribution in [0.2, 0.25) is 5.02 Å². The van der Waals surface area contributed by atoms with Crippen molar-refractivity contribution in [1.82, 2.24) is 5.32 Å². The molecule has 1 saturated carbocycles. The minimum Gasteiger partial charge on any atom is -0.489 e. The first-order valence-electron chi connectivity index (χ1n) is 8.60. The van der Waals surface area contributed by atoms with Gasteiger partial charge < -0.3 is 10.1 Å². The molecule has 4 heteroatoms. The van der Waals surface area contributed by atoms with Crippen LogP contribution >= 0.6 is 27.5 Å². The fourth-order valence-electron chi connectivity index (χ4n) is 3.16. The van der Waals surface area contributed by atoms with Crippen LogP contribution in [0, 0.1) is 0 Å². The molecule has 0 aromatic heterocycles. The van der Waals surface area contributed by atoms with E-state index in [1.165, 1.54) is 37.7 Å². The average Bonchev–Trinajstić information content (AvgIpc) is 2.61. The minimum absolute atomic E-state index is 0.484. The van der Waals surface area contributed by atoms with Gasteiger partial charge in [0.1, 0.15) is 12.4 Å². The van der Waals surface area contributed by atoms with Crippen molar-refractivity contribution >= 4 is 27.5 Å². The lowest BCUT2D eigenvalue weighted by atomic mass is 9.95. The molecule has 1 aliphatic carbocycles. The molecule has 1 fully saturated rings. The number of halogens is 2. The Hall–Kier alpha value is -1.03. The van der Waals surface area contributed by atoms with Gasteiger partial charge >= 0.3 is 0 Å². The summed E-state index contributed by atoms with van der Waals surface area (Å²) < 4.78 is 7.13. The molecule has 0 saturated heterocycles. The number of hydrogen-bond donors (Lipinski definition) is 1. The van der Waals surface area contributed by atoms with E-state index in [1.807, 2.05) is 36.4 Å². The Morgan fingerprint density at radius 1 is 1.04 bits per heavy atom. The van der Waals surface area contributed by atoms with Crippen molar-refractivity contribution < 1.29 is 4.74 Å². The summed E-state index contributed by atoms with van der Waals surface area (Å²) >= 11 is 9.78. The molecule has 1 aliphatic rings. The third kappa shape index (κ3) is 4.98. The number of rotatable bonds is 6. The third-order valence-electron chi connectivity index (χ3n) is 4.55. The maximum Gasteiger partial charge on any atom is 0.124 e. The van der Waals surface area contributed by atoms with E-state index in [1.54, 1.807) is 0 Å². The van der Waals surface area contributed by atoms with Gasteiger partial charge in [0.2, 0.25) is 0 Å². The summed E-state index contributed by atoms with van der Waals surface area (Å²) in [7, 11) is 0. The highest BCUT2D eigenvalue weighted by Gasteiger charge is 2.14. The summed E-state index contributed by atoms with van der Waals surface area (Å²) in [5, 5.41) is 4.43. The molecule has 24 heavy (non-hydrogen) atoms. The Morgan fingerprint density at radius 2 is 1.83 bits per heavy atom. The van der Waals surface area contributed by atoms with Gasteiger partial charge in [-0.05, 0) is 37.1 Å². The van der Waals surface area contributed by atoms with Crippen LogP contribution in [-0.4, -0.2) is 6.04 Å². The van der Waals surface area contributed by atoms with Crippen LogP contribution in [0.1, 0.15) is 43.2 Å². The largest absolute Gasteiger partial charge is 0.489 e. The molecule has 2 nitrogen and oxygen atoms in total. The SMILES string of the molecule is Clc1ccccc1COc1ccc(Br)cc1CNC1CCCCC1. The van der Waals surface area contributed by atoms with Gasteiger partial charge in [-0.1, -0.05) is 65.0 Å². The highest BCUT2D eigenvalue weighted by atomic mass is 79.9. The van der Waals surface area contributed by atoms with Crippen LogP contribution in [0.3, 0.4) is 0 Å². The Balaban J connectivity index is 1.65. The van der Waals surface area contributed by atoms with Crippen LogP contribution in [0.25, 0.3) is 0 Å². The average molecular weight is 409 g/mol. The van der Waals surface area contributed by atoms with E-state index >= 15 is 0 Å². The van der Waals surface area contributed by atoms with Crippen molar-refractivity contribution in [3.8, 4) is 5.75 Å². The molecule has 0 spiro atoms. The van der Waals surface area contributed by atoms with Gasteiger partial charge in [-0.25, -0.2) is 0 Å². The first-order chi connectivity index (χ1) is 11.7. The van der Waals surface area contributed by atoms with Crippen molar-refractivity contribution in [2.75, 3.05) is 0 Å². The molecule has 0 atom stereocenters. The van der Waals surface area contributed by atoms with Gasteiger partial charge in [0, 0.05) is 33.2 Å². The molecule has 2 aromatic rings. The standard InChI is InChI=1S/C20H23BrClNO/c21-17-10-11-20(24-14-15-6-4-5-9-19(15)22)16(12-17)13-23-18-7-2-1-3-8-18/h4-6,9-12,18,23H,1-3,7-8,13-14H2. The summed E-state index contributed by atoms with van der Waals surface area (Å²) in [6.07, 6.45) is 6.62. The summed E-state index contributed by atoms with van der Waals surface area (Å²) in [5.74, 6) is 0.918. The van der Waals surface area contributed by atoms with Crippen molar-refractivity contribution in [2.45, 2.75) is 51.3 Å². The van der Waals surface area contributed by atoms with Crippen molar-refractivity contribution in [3.63, 3.8) is 0 Å². The molecule has 0 bridgehead atoms. The van der Waals surface area contributed by atoms with Crippen molar-refractivity contribution in [1.29, 1.82) is 0 Å². The van der Waals surface area contributed by atoms with Gasteiger partial charge in [-0.3, -0.25) is 0 Å². The lowest BCUT2D eigenvalue weighted by Crippen LogP contribution is -2.30. The quantitative estimate of drug-likeness (QED) is 0.623. The Labute approximate surface area is 157 Å². The van der Waals surface area contributed by atoms with Gasteiger partial charge in [-0.15, -0.1) is 0 Å². The van der Waals surface area contributed by atoms with Crippen LogP contribution < -0.4 is 10.1 Å². The second kappa shape index (κ2) is 8.89. The molecule has 1 N–H and O–H groups in total. The van der Waals surface area contributed by atoms with Gasteiger partial charge in [0.25, 0.3) is 0 Å². The Bertz CT molecular complexity index is 670. The summed E-state index contributed by atoms with van der Waals surface area (Å²) in [6, 6.07) is 14.6. The van der Waals surface area contributed by atoms with Gasteiger partial charge in [0.15, 0.2) is 0 Å². The number of benzene rings is 2. The highest BCUT2D eigenvalue weighted by molar-refractivity contribution is 9.10.